The van der Waals surface area contributed by atoms with Gasteiger partial charge in [-0.15, -0.1) is 0 Å². The van der Waals surface area contributed by atoms with Crippen molar-refractivity contribution < 1.29 is 14.7 Å². The molecule has 1 aliphatic carbocycles. The molecule has 0 saturated carbocycles. The maximum atomic E-state index is 12.9. The minimum atomic E-state index is -0.204. The van der Waals surface area contributed by atoms with E-state index in [0.717, 1.165) is 50.8 Å². The third-order valence-electron chi connectivity index (χ3n) is 8.43. The molecule has 9 nitrogen and oxygen atoms in total. The number of nitrogens with zero attached hydrogens (tertiary/aromatic N) is 3. The third kappa shape index (κ3) is 4.04. The number of aliphatic hydroxyl groups excluding tert-OH is 1. The van der Waals surface area contributed by atoms with Gasteiger partial charge < -0.3 is 21.1 Å². The number of amides is 2. The van der Waals surface area contributed by atoms with Gasteiger partial charge in [0.25, 0.3) is 5.91 Å². The van der Waals surface area contributed by atoms with E-state index in [0.29, 0.717) is 47.7 Å². The number of hydrogen-bond acceptors (Lipinski definition) is 7. The van der Waals surface area contributed by atoms with Crippen molar-refractivity contribution in [2.75, 3.05) is 14.1 Å². The zero-order valence-corrected chi connectivity index (χ0v) is 23.3. The van der Waals surface area contributed by atoms with E-state index in [1.807, 2.05) is 44.2 Å². The molecule has 0 radical (unpaired) electrons. The number of rotatable bonds is 4. The summed E-state index contributed by atoms with van der Waals surface area (Å²) in [7, 11) is 3.26. The van der Waals surface area contributed by atoms with Crippen LogP contribution >= 0.6 is 0 Å². The van der Waals surface area contributed by atoms with E-state index in [1.54, 1.807) is 14.1 Å². The quantitative estimate of drug-likeness (QED) is 0.436. The van der Waals surface area contributed by atoms with Crippen LogP contribution in [0.15, 0.2) is 107 Å². The molecule has 8 bridgehead atoms. The SMILES string of the molecule is CNC(=O)CC[C@@H]1C2=C3CC(O)=C4C3=NC(=C4C)C=C3C=CC(=N3)C=C3N=C(C=C(N2)[C@H]1C)C(C)=C3C(=O)NC. The molecule has 4 N–H and O–H groups in total. The molecule has 0 aromatic carbocycles. The van der Waals surface area contributed by atoms with Crippen molar-refractivity contribution in [2.45, 2.75) is 40.0 Å². The Morgan fingerprint density at radius 3 is 2.60 bits per heavy atom. The molecule has 5 heterocycles. The van der Waals surface area contributed by atoms with Gasteiger partial charge in [-0.2, -0.15) is 0 Å². The van der Waals surface area contributed by atoms with Gasteiger partial charge in [0.1, 0.15) is 5.76 Å². The highest BCUT2D eigenvalue weighted by Crippen LogP contribution is 2.46. The summed E-state index contributed by atoms with van der Waals surface area (Å²) in [5.74, 6) is 0.138. The summed E-state index contributed by atoms with van der Waals surface area (Å²) in [5.41, 5.74) is 10.1. The zero-order chi connectivity index (χ0) is 28.3. The second-order valence-corrected chi connectivity index (χ2v) is 10.7. The highest BCUT2D eigenvalue weighted by atomic mass is 16.3. The van der Waals surface area contributed by atoms with Crippen LogP contribution in [-0.4, -0.2) is 48.2 Å². The molecule has 6 rings (SSSR count). The average molecular weight is 537 g/mol. The summed E-state index contributed by atoms with van der Waals surface area (Å²) in [6.45, 7) is 6.01. The molecule has 40 heavy (non-hydrogen) atoms. The molecular formula is C31H32N6O3. The summed E-state index contributed by atoms with van der Waals surface area (Å²) in [6, 6.07) is 0. The van der Waals surface area contributed by atoms with Crippen LogP contribution in [0.1, 0.15) is 40.0 Å². The summed E-state index contributed by atoms with van der Waals surface area (Å²) >= 11 is 0. The smallest absolute Gasteiger partial charge is 0.253 e. The van der Waals surface area contributed by atoms with E-state index in [4.69, 9.17) is 15.0 Å². The lowest BCUT2D eigenvalue weighted by Gasteiger charge is -2.17. The first-order valence-corrected chi connectivity index (χ1v) is 13.6. The number of hydrogen-bond donors (Lipinski definition) is 4. The molecule has 0 aromatic rings. The van der Waals surface area contributed by atoms with E-state index in [9.17, 15) is 14.7 Å². The summed E-state index contributed by atoms with van der Waals surface area (Å²) < 4.78 is 0. The molecule has 0 aromatic heterocycles. The van der Waals surface area contributed by atoms with E-state index < -0.39 is 0 Å². The largest absolute Gasteiger partial charge is 0.511 e. The van der Waals surface area contributed by atoms with Gasteiger partial charge in [0.05, 0.1) is 39.8 Å². The fourth-order valence-electron chi connectivity index (χ4n) is 6.17. The summed E-state index contributed by atoms with van der Waals surface area (Å²) in [5, 5.41) is 20.2. The van der Waals surface area contributed by atoms with Crippen LogP contribution in [0.2, 0.25) is 0 Å². The molecule has 5 aliphatic heterocycles. The Kier molecular flexibility index (Phi) is 6.17. The van der Waals surface area contributed by atoms with Crippen LogP contribution in [0, 0.1) is 11.8 Å². The molecule has 2 atom stereocenters. The predicted octanol–water partition coefficient (Wildman–Crippen LogP) is 3.76. The van der Waals surface area contributed by atoms with Crippen LogP contribution in [0.3, 0.4) is 0 Å². The normalized spacial score (nSPS) is 24.6. The van der Waals surface area contributed by atoms with Crippen molar-refractivity contribution in [3.63, 3.8) is 0 Å². The van der Waals surface area contributed by atoms with Gasteiger partial charge >= 0.3 is 0 Å². The Balaban J connectivity index is 1.56. The molecule has 2 amide bonds. The number of aliphatic imine (C=N–C) groups is 3. The van der Waals surface area contributed by atoms with E-state index in [2.05, 4.69) is 22.9 Å². The molecule has 0 spiro atoms. The molecule has 204 valence electrons. The molecular weight excluding hydrogens is 504 g/mol. The van der Waals surface area contributed by atoms with Gasteiger partial charge in [-0.3, -0.25) is 9.59 Å². The topological polar surface area (TPSA) is 128 Å². The van der Waals surface area contributed by atoms with Crippen LogP contribution in [0.4, 0.5) is 0 Å². The Labute approximate surface area is 233 Å². The molecule has 9 heteroatoms. The maximum Gasteiger partial charge on any atom is 0.253 e. The van der Waals surface area contributed by atoms with Crippen LogP contribution < -0.4 is 16.0 Å². The van der Waals surface area contributed by atoms with Crippen molar-refractivity contribution in [3.05, 3.63) is 92.5 Å². The van der Waals surface area contributed by atoms with Crippen molar-refractivity contribution in [2.24, 2.45) is 26.8 Å². The Morgan fingerprint density at radius 2 is 1.85 bits per heavy atom. The van der Waals surface area contributed by atoms with Crippen LogP contribution in [0.5, 0.6) is 0 Å². The summed E-state index contributed by atoms with van der Waals surface area (Å²) in [6.07, 6.45) is 10.9. The van der Waals surface area contributed by atoms with Gasteiger partial charge in [-0.05, 0) is 61.8 Å². The minimum Gasteiger partial charge on any atom is -0.511 e. The van der Waals surface area contributed by atoms with Crippen molar-refractivity contribution >= 4 is 28.9 Å². The van der Waals surface area contributed by atoms with Crippen LogP contribution in [0.25, 0.3) is 0 Å². The average Bonchev–Trinajstić information content (AvgIpc) is 3.72. The van der Waals surface area contributed by atoms with Gasteiger partial charge in [0.2, 0.25) is 5.91 Å². The first-order chi connectivity index (χ1) is 19.2. The number of likely N-dealkylation sites (N-methyl/N-ethyl adjacent to an activating group) is 1. The van der Waals surface area contributed by atoms with Gasteiger partial charge in [-0.1, -0.05) is 6.92 Å². The molecule has 1 saturated heterocycles. The predicted molar refractivity (Wildman–Crippen MR) is 156 cm³/mol. The Bertz CT molecular complexity index is 1630. The van der Waals surface area contributed by atoms with Crippen molar-refractivity contribution in [1.82, 2.24) is 16.0 Å². The second-order valence-electron chi connectivity index (χ2n) is 10.7. The monoisotopic (exact) mass is 536 g/mol. The van der Waals surface area contributed by atoms with E-state index in [-0.39, 0.29) is 23.7 Å². The lowest BCUT2D eigenvalue weighted by atomic mass is 9.86. The van der Waals surface area contributed by atoms with Crippen molar-refractivity contribution in [1.29, 1.82) is 0 Å². The van der Waals surface area contributed by atoms with E-state index in [1.165, 1.54) is 0 Å². The lowest BCUT2D eigenvalue weighted by Crippen LogP contribution is -2.21. The number of carbonyl (C=O) groups excluding carboxylic acids is 2. The van der Waals surface area contributed by atoms with E-state index >= 15 is 0 Å². The first kappa shape index (κ1) is 25.7. The fraction of sp³-hybridized carbons (Fsp3) is 0.323. The van der Waals surface area contributed by atoms with Gasteiger partial charge in [0, 0.05) is 61.3 Å². The van der Waals surface area contributed by atoms with Gasteiger partial charge in [-0.25, -0.2) is 15.0 Å². The highest BCUT2D eigenvalue weighted by Gasteiger charge is 2.41. The molecule has 6 aliphatic rings. The number of carbonyl (C=O) groups is 2. The molecule has 1 fully saturated rings. The number of allylic oxidation sites excluding steroid dienone is 11. The Hall–Kier alpha value is -4.53. The number of fused-ring (bicyclic) bond motifs is 5. The fourth-order valence-corrected chi connectivity index (χ4v) is 6.17. The number of nitrogens with one attached hydrogen (secondary N) is 3. The highest BCUT2D eigenvalue weighted by molar-refractivity contribution is 6.22. The van der Waals surface area contributed by atoms with Crippen LogP contribution in [-0.2, 0) is 9.59 Å². The second kappa shape index (κ2) is 9.59. The van der Waals surface area contributed by atoms with Crippen molar-refractivity contribution in [3.8, 4) is 0 Å². The minimum absolute atomic E-state index is 0.0102. The lowest BCUT2D eigenvalue weighted by molar-refractivity contribution is -0.121. The van der Waals surface area contributed by atoms with Gasteiger partial charge in [0.15, 0.2) is 0 Å². The maximum absolute atomic E-state index is 12.9. The zero-order valence-electron chi connectivity index (χ0n) is 23.3. The number of aliphatic hydroxyl groups is 1. The summed E-state index contributed by atoms with van der Waals surface area (Å²) in [4.78, 5) is 39.7. The Morgan fingerprint density at radius 1 is 1.05 bits per heavy atom. The molecule has 0 unspecified atom stereocenters. The standard InChI is InChI=1S/C31H32N6O3/c1-14-19(8-9-26(39)32-4)29-20-12-25(38)28-16(3)21(37-30(20)28)10-17-6-7-18(34-17)11-24-27(31(40)33-5)15(2)23(35-24)13-22(14)36-29/h6-7,10-11,13-14,19,36,38H,8-9,12H2,1-5H3,(H,32,39)(H,33,40)/t14-,19-/m0/s1. The third-order valence-corrected chi connectivity index (χ3v) is 8.43. The first-order valence-electron chi connectivity index (χ1n) is 13.6.